The zero-order chi connectivity index (χ0) is 19.7. The first kappa shape index (κ1) is 18.7. The maximum Gasteiger partial charge on any atom is 0.259 e. The van der Waals surface area contributed by atoms with Crippen LogP contribution in [0.2, 0.25) is 0 Å². The number of aromatic nitrogens is 3. The van der Waals surface area contributed by atoms with Crippen LogP contribution < -0.4 is 0 Å². The van der Waals surface area contributed by atoms with Crippen molar-refractivity contribution in [1.29, 1.82) is 0 Å². The summed E-state index contributed by atoms with van der Waals surface area (Å²) in [5.74, 6) is 0.0643. The van der Waals surface area contributed by atoms with Crippen LogP contribution >= 0.6 is 0 Å². The first-order valence-electron chi connectivity index (χ1n) is 10.2. The van der Waals surface area contributed by atoms with Gasteiger partial charge in [0.2, 0.25) is 0 Å². The van der Waals surface area contributed by atoms with Crippen LogP contribution in [0.15, 0.2) is 30.5 Å². The Hall–Kier alpha value is -2.69. The number of rotatable bonds is 3. The highest BCUT2D eigenvalue weighted by Gasteiger charge is 2.23. The van der Waals surface area contributed by atoms with E-state index in [-0.39, 0.29) is 5.91 Å². The van der Waals surface area contributed by atoms with E-state index in [0.717, 1.165) is 43.7 Å². The van der Waals surface area contributed by atoms with E-state index < -0.39 is 0 Å². The van der Waals surface area contributed by atoms with Crippen LogP contribution in [0, 0.1) is 20.8 Å². The average molecular weight is 377 g/mol. The van der Waals surface area contributed by atoms with Crippen molar-refractivity contribution < 1.29 is 4.79 Å². The molecule has 2 aromatic heterocycles. The molecule has 28 heavy (non-hydrogen) atoms. The van der Waals surface area contributed by atoms with Gasteiger partial charge < -0.3 is 4.90 Å². The maximum atomic E-state index is 13.1. The molecule has 3 aromatic rings. The quantitative estimate of drug-likeness (QED) is 0.686. The number of carbonyl (C=O) groups is 1. The predicted molar refractivity (Wildman–Crippen MR) is 111 cm³/mol. The number of carbonyl (C=O) groups excluding carboxylic acids is 1. The molecule has 0 radical (unpaired) electrons. The summed E-state index contributed by atoms with van der Waals surface area (Å²) in [6.07, 6.45) is 7.08. The highest BCUT2D eigenvalue weighted by molar-refractivity contribution is 5.99. The Balaban J connectivity index is 1.68. The number of hydrogen-bond acceptors (Lipinski definition) is 3. The first-order valence-corrected chi connectivity index (χ1v) is 10.2. The van der Waals surface area contributed by atoms with Gasteiger partial charge in [-0.1, -0.05) is 42.7 Å². The smallest absolute Gasteiger partial charge is 0.259 e. The Kier molecular flexibility index (Phi) is 5.16. The van der Waals surface area contributed by atoms with Crippen molar-refractivity contribution >= 4 is 11.6 Å². The molecule has 1 aromatic carbocycles. The highest BCUT2D eigenvalue weighted by atomic mass is 16.2. The number of aryl methyl sites for hydroxylation is 3. The van der Waals surface area contributed by atoms with Gasteiger partial charge in [0, 0.05) is 30.9 Å². The van der Waals surface area contributed by atoms with E-state index in [1.165, 1.54) is 29.5 Å². The van der Waals surface area contributed by atoms with Crippen LogP contribution in [-0.2, 0) is 6.42 Å². The minimum Gasteiger partial charge on any atom is -0.338 e. The molecule has 1 aliphatic rings. The molecule has 1 aliphatic heterocycles. The van der Waals surface area contributed by atoms with E-state index in [1.807, 2.05) is 16.3 Å². The van der Waals surface area contributed by atoms with Crippen molar-refractivity contribution in [2.75, 3.05) is 13.1 Å². The Morgan fingerprint density at radius 1 is 1.00 bits per heavy atom. The molecule has 5 nitrogen and oxygen atoms in total. The van der Waals surface area contributed by atoms with Crippen LogP contribution in [0.25, 0.3) is 5.65 Å². The van der Waals surface area contributed by atoms with Crippen molar-refractivity contribution in [1.82, 2.24) is 19.5 Å². The number of likely N-dealkylation sites (tertiary alicyclic amines) is 1. The summed E-state index contributed by atoms with van der Waals surface area (Å²) in [6.45, 7) is 7.86. The van der Waals surface area contributed by atoms with E-state index in [9.17, 15) is 4.79 Å². The summed E-state index contributed by atoms with van der Waals surface area (Å²) in [6, 6.07) is 8.60. The van der Waals surface area contributed by atoms with Crippen molar-refractivity contribution in [2.45, 2.75) is 52.9 Å². The van der Waals surface area contributed by atoms with Gasteiger partial charge in [-0.25, -0.2) is 9.50 Å². The Bertz CT molecular complexity index is 996. The van der Waals surface area contributed by atoms with E-state index in [0.29, 0.717) is 11.2 Å². The molecule has 1 fully saturated rings. The molecule has 0 atom stereocenters. The molecular weight excluding hydrogens is 348 g/mol. The minimum absolute atomic E-state index is 0.0643. The second-order valence-electron chi connectivity index (χ2n) is 7.92. The minimum atomic E-state index is 0.0643. The molecule has 4 rings (SSSR count). The van der Waals surface area contributed by atoms with Gasteiger partial charge in [-0.05, 0) is 44.7 Å². The van der Waals surface area contributed by atoms with Gasteiger partial charge in [-0.15, -0.1) is 0 Å². The number of hydrogen-bond donors (Lipinski definition) is 0. The van der Waals surface area contributed by atoms with Gasteiger partial charge in [-0.2, -0.15) is 5.10 Å². The lowest BCUT2D eigenvalue weighted by Crippen LogP contribution is -2.31. The van der Waals surface area contributed by atoms with Crippen molar-refractivity contribution in [3.63, 3.8) is 0 Å². The molecular formula is C23H28N4O. The average Bonchev–Trinajstić information content (AvgIpc) is 2.92. The summed E-state index contributed by atoms with van der Waals surface area (Å²) < 4.78 is 1.83. The number of amides is 1. The number of fused-ring (bicyclic) bond motifs is 1. The first-order chi connectivity index (χ1) is 13.5. The standard InChI is InChI=1S/C23H28N4O/c1-16-8-10-19(11-9-16)14-20-17(2)25-22-21(15-24-27(22)18(20)3)23(28)26-12-6-4-5-7-13-26/h8-11,15H,4-7,12-14H2,1-3H3. The van der Waals surface area contributed by atoms with E-state index in [2.05, 4.69) is 43.2 Å². The molecule has 0 spiro atoms. The molecule has 0 aliphatic carbocycles. The van der Waals surface area contributed by atoms with Crippen LogP contribution in [0.5, 0.6) is 0 Å². The Morgan fingerprint density at radius 2 is 1.68 bits per heavy atom. The van der Waals surface area contributed by atoms with Gasteiger partial charge in [0.25, 0.3) is 5.91 Å². The molecule has 0 unspecified atom stereocenters. The van der Waals surface area contributed by atoms with E-state index in [1.54, 1.807) is 6.20 Å². The summed E-state index contributed by atoms with van der Waals surface area (Å²) in [4.78, 5) is 19.9. The van der Waals surface area contributed by atoms with E-state index >= 15 is 0 Å². The summed E-state index contributed by atoms with van der Waals surface area (Å²) in [5, 5.41) is 4.52. The largest absolute Gasteiger partial charge is 0.338 e. The zero-order valence-electron chi connectivity index (χ0n) is 17.0. The van der Waals surface area contributed by atoms with Crippen LogP contribution in [0.3, 0.4) is 0 Å². The van der Waals surface area contributed by atoms with Gasteiger partial charge >= 0.3 is 0 Å². The third-order valence-electron chi connectivity index (χ3n) is 5.83. The molecule has 146 valence electrons. The maximum absolute atomic E-state index is 13.1. The zero-order valence-corrected chi connectivity index (χ0v) is 17.0. The van der Waals surface area contributed by atoms with Gasteiger partial charge in [0.15, 0.2) is 5.65 Å². The Morgan fingerprint density at radius 3 is 2.36 bits per heavy atom. The normalized spacial score (nSPS) is 15.0. The van der Waals surface area contributed by atoms with Crippen LogP contribution in [0.1, 0.15) is 64.1 Å². The predicted octanol–water partition coefficient (Wildman–Crippen LogP) is 4.26. The number of benzene rings is 1. The lowest BCUT2D eigenvalue weighted by Gasteiger charge is -2.19. The Labute approximate surface area is 166 Å². The van der Waals surface area contributed by atoms with Crippen LogP contribution in [0.4, 0.5) is 0 Å². The summed E-state index contributed by atoms with van der Waals surface area (Å²) in [5.41, 5.74) is 7.01. The second-order valence-corrected chi connectivity index (χ2v) is 7.92. The van der Waals surface area contributed by atoms with Crippen LogP contribution in [-0.4, -0.2) is 38.5 Å². The fourth-order valence-electron chi connectivity index (χ4n) is 4.07. The topological polar surface area (TPSA) is 50.5 Å². The van der Waals surface area contributed by atoms with E-state index in [4.69, 9.17) is 4.98 Å². The molecule has 3 heterocycles. The fourth-order valence-corrected chi connectivity index (χ4v) is 4.07. The molecule has 5 heteroatoms. The lowest BCUT2D eigenvalue weighted by atomic mass is 10.0. The number of nitrogens with zero attached hydrogens (tertiary/aromatic N) is 4. The molecule has 1 amide bonds. The SMILES string of the molecule is Cc1ccc(Cc2c(C)nc3c(C(=O)N4CCCCCC4)cnn3c2C)cc1. The summed E-state index contributed by atoms with van der Waals surface area (Å²) in [7, 11) is 0. The highest BCUT2D eigenvalue weighted by Crippen LogP contribution is 2.22. The third kappa shape index (κ3) is 3.53. The fraction of sp³-hybridized carbons (Fsp3) is 0.435. The van der Waals surface area contributed by atoms with Gasteiger partial charge in [-0.3, -0.25) is 4.79 Å². The van der Waals surface area contributed by atoms with Gasteiger partial charge in [0.1, 0.15) is 5.56 Å². The molecule has 0 bridgehead atoms. The molecule has 0 saturated carbocycles. The molecule has 1 saturated heterocycles. The van der Waals surface area contributed by atoms with Crippen molar-refractivity contribution in [3.05, 3.63) is 64.1 Å². The lowest BCUT2D eigenvalue weighted by molar-refractivity contribution is 0.0763. The second kappa shape index (κ2) is 7.74. The molecule has 0 N–H and O–H groups in total. The van der Waals surface area contributed by atoms with Crippen molar-refractivity contribution in [3.8, 4) is 0 Å². The van der Waals surface area contributed by atoms with Crippen molar-refractivity contribution in [2.24, 2.45) is 0 Å². The third-order valence-corrected chi connectivity index (χ3v) is 5.83. The van der Waals surface area contributed by atoms with Gasteiger partial charge in [0.05, 0.1) is 6.20 Å². The summed E-state index contributed by atoms with van der Waals surface area (Å²) >= 11 is 0. The monoisotopic (exact) mass is 376 g/mol.